The summed E-state index contributed by atoms with van der Waals surface area (Å²) in [6.45, 7) is 7.02. The topological polar surface area (TPSA) is 18.5 Å². The van der Waals surface area contributed by atoms with Crippen molar-refractivity contribution in [1.82, 2.24) is 0 Å². The molecule has 4 rings (SSSR count). The summed E-state index contributed by atoms with van der Waals surface area (Å²) in [5.41, 5.74) is 0.458. The molecule has 4 heteroatoms. The minimum Gasteiger partial charge on any atom is -0.397 e. The van der Waals surface area contributed by atoms with Gasteiger partial charge in [-0.15, -0.1) is 0 Å². The molecule has 1 saturated heterocycles. The van der Waals surface area contributed by atoms with Crippen LogP contribution >= 0.6 is 22.4 Å². The number of halogens is 1. The molecule has 0 aromatic rings. The number of hydrogen-bond acceptors (Lipinski definition) is 2. The van der Waals surface area contributed by atoms with Crippen molar-refractivity contribution in [3.05, 3.63) is 0 Å². The largest absolute Gasteiger partial charge is 0.533 e. The van der Waals surface area contributed by atoms with Crippen molar-refractivity contribution in [2.45, 2.75) is 45.3 Å². The molecule has 0 aromatic heterocycles. The Labute approximate surface area is 99.1 Å². The van der Waals surface area contributed by atoms with Crippen LogP contribution in [0.15, 0.2) is 0 Å². The minimum atomic E-state index is -0.0299. The molecule has 0 aromatic carbocycles. The Balaban J connectivity index is 1.95. The molecule has 0 N–H and O–H groups in total. The average Bonchev–Trinajstić information content (AvgIpc) is 2.37. The second-order valence-electron chi connectivity index (χ2n) is 5.74. The van der Waals surface area contributed by atoms with Gasteiger partial charge in [0.15, 0.2) is 0 Å². The van der Waals surface area contributed by atoms with Crippen molar-refractivity contribution < 1.29 is 9.31 Å². The normalized spacial score (nSPS) is 54.0. The molecule has 0 radical (unpaired) electrons. The second-order valence-corrected chi connectivity index (χ2v) is 6.76. The van der Waals surface area contributed by atoms with Crippen molar-refractivity contribution in [1.29, 1.82) is 0 Å². The van der Waals surface area contributed by atoms with Crippen LogP contribution in [0, 0.1) is 17.3 Å². The van der Waals surface area contributed by atoms with Gasteiger partial charge in [-0.05, 0) is 37.0 Å². The lowest BCUT2D eigenvalue weighted by atomic mass is 9.43. The van der Waals surface area contributed by atoms with Crippen LogP contribution in [0.5, 0.6) is 0 Å². The van der Waals surface area contributed by atoms with Gasteiger partial charge >= 0.3 is 4.97 Å². The highest BCUT2D eigenvalue weighted by atomic mass is 127. The monoisotopic (exact) mass is 306 g/mol. The third-order valence-corrected chi connectivity index (χ3v) is 5.47. The van der Waals surface area contributed by atoms with Gasteiger partial charge in [-0.2, -0.15) is 0 Å². The molecule has 0 amide bonds. The van der Waals surface area contributed by atoms with E-state index in [0.29, 0.717) is 17.4 Å². The Kier molecular flexibility index (Phi) is 1.90. The van der Waals surface area contributed by atoms with Crippen LogP contribution in [0.4, 0.5) is 0 Å². The van der Waals surface area contributed by atoms with Gasteiger partial charge in [-0.25, -0.2) is 0 Å². The quantitative estimate of drug-likeness (QED) is 0.506. The molecule has 4 atom stereocenters. The lowest BCUT2D eigenvalue weighted by Gasteiger charge is -2.64. The van der Waals surface area contributed by atoms with Crippen LogP contribution in [0.1, 0.15) is 33.6 Å². The molecule has 4 aliphatic rings. The highest BCUT2D eigenvalue weighted by Crippen LogP contribution is 2.65. The Hall–Kier alpha value is 0.715. The summed E-state index contributed by atoms with van der Waals surface area (Å²) in [7, 11) is 0. The van der Waals surface area contributed by atoms with Crippen LogP contribution in [-0.2, 0) is 9.31 Å². The van der Waals surface area contributed by atoms with Crippen molar-refractivity contribution in [2.75, 3.05) is 0 Å². The standard InChI is InChI=1S/C10H16BIO2/c1-9(2)6-4-7(9)10(3)8(5-6)13-11(12)14-10/h6-8H,4-5H2,1-3H3/t6?,7?,8?,10-/m0/s1. The maximum Gasteiger partial charge on any atom is 0.533 e. The number of rotatable bonds is 0. The van der Waals surface area contributed by atoms with Crippen LogP contribution in [0.3, 0.4) is 0 Å². The molecule has 14 heavy (non-hydrogen) atoms. The molecule has 3 saturated carbocycles. The molecule has 4 fully saturated rings. The zero-order valence-corrected chi connectivity index (χ0v) is 11.1. The van der Waals surface area contributed by atoms with Gasteiger partial charge in [0.25, 0.3) is 0 Å². The second kappa shape index (κ2) is 2.69. The van der Waals surface area contributed by atoms with Crippen molar-refractivity contribution >= 4 is 27.3 Å². The summed E-state index contributed by atoms with van der Waals surface area (Å²) in [5.74, 6) is 1.55. The zero-order valence-electron chi connectivity index (χ0n) is 8.92. The Morgan fingerprint density at radius 3 is 2.64 bits per heavy atom. The van der Waals surface area contributed by atoms with Crippen molar-refractivity contribution in [3.8, 4) is 0 Å². The van der Waals surface area contributed by atoms with E-state index in [4.69, 9.17) is 9.31 Å². The SMILES string of the molecule is CC1(C)C2CC3OB(I)O[C@@]3(C)C1C2. The third kappa shape index (κ3) is 1.00. The fourth-order valence-electron chi connectivity index (χ4n) is 3.81. The summed E-state index contributed by atoms with van der Waals surface area (Å²) >= 11 is 2.24. The molecule has 1 aliphatic heterocycles. The predicted molar refractivity (Wildman–Crippen MR) is 64.1 cm³/mol. The fraction of sp³-hybridized carbons (Fsp3) is 1.00. The molecule has 1 heterocycles. The Morgan fingerprint density at radius 2 is 2.00 bits per heavy atom. The first kappa shape index (κ1) is 9.91. The lowest BCUT2D eigenvalue weighted by Crippen LogP contribution is -2.65. The van der Waals surface area contributed by atoms with E-state index in [2.05, 4.69) is 43.1 Å². The van der Waals surface area contributed by atoms with Crippen molar-refractivity contribution in [2.24, 2.45) is 17.3 Å². The summed E-state index contributed by atoms with van der Waals surface area (Å²) < 4.78 is 11.8. The molecule has 3 aliphatic carbocycles. The van der Waals surface area contributed by atoms with Crippen LogP contribution in [-0.4, -0.2) is 16.7 Å². The Bertz CT molecular complexity index is 283. The first-order valence-electron chi connectivity index (χ1n) is 5.42. The van der Waals surface area contributed by atoms with Gasteiger partial charge in [0.05, 0.1) is 11.7 Å². The molecule has 3 unspecified atom stereocenters. The Morgan fingerprint density at radius 1 is 1.29 bits per heavy atom. The minimum absolute atomic E-state index is 0.00981. The number of hydrogen-bond donors (Lipinski definition) is 0. The maximum atomic E-state index is 6.00. The van der Waals surface area contributed by atoms with E-state index in [9.17, 15) is 0 Å². The molecule has 78 valence electrons. The summed E-state index contributed by atoms with van der Waals surface area (Å²) in [6, 6.07) is 0. The first-order valence-corrected chi connectivity index (χ1v) is 6.66. The lowest BCUT2D eigenvalue weighted by molar-refractivity contribution is -0.199. The van der Waals surface area contributed by atoms with Gasteiger partial charge in [-0.1, -0.05) is 36.2 Å². The highest BCUT2D eigenvalue weighted by molar-refractivity contribution is 14.1. The van der Waals surface area contributed by atoms with Crippen LogP contribution in [0.25, 0.3) is 0 Å². The van der Waals surface area contributed by atoms with E-state index in [-0.39, 0.29) is 10.6 Å². The van der Waals surface area contributed by atoms with Gasteiger partial charge in [0.2, 0.25) is 0 Å². The average molecular weight is 306 g/mol. The first-order chi connectivity index (χ1) is 6.44. The van der Waals surface area contributed by atoms with E-state index in [1.165, 1.54) is 12.8 Å². The summed E-state index contributed by atoms with van der Waals surface area (Å²) in [4.78, 5) is -0.0299. The molecule has 2 bridgehead atoms. The summed E-state index contributed by atoms with van der Waals surface area (Å²) in [5, 5.41) is 0. The fourth-order valence-corrected chi connectivity index (χ4v) is 4.71. The van der Waals surface area contributed by atoms with E-state index < -0.39 is 0 Å². The van der Waals surface area contributed by atoms with E-state index in [1.54, 1.807) is 0 Å². The van der Waals surface area contributed by atoms with Gasteiger partial charge in [-0.3, -0.25) is 0 Å². The molecular formula is C10H16BIO2. The third-order valence-electron chi connectivity index (χ3n) is 4.92. The van der Waals surface area contributed by atoms with E-state index in [0.717, 1.165) is 5.92 Å². The summed E-state index contributed by atoms with van der Waals surface area (Å²) in [6.07, 6.45) is 2.88. The van der Waals surface area contributed by atoms with Gasteiger partial charge in [0, 0.05) is 0 Å². The maximum absolute atomic E-state index is 6.00. The highest BCUT2D eigenvalue weighted by Gasteiger charge is 2.67. The van der Waals surface area contributed by atoms with E-state index in [1.807, 2.05) is 0 Å². The predicted octanol–water partition coefficient (Wildman–Crippen LogP) is 2.65. The molecule has 2 nitrogen and oxygen atoms in total. The van der Waals surface area contributed by atoms with E-state index >= 15 is 0 Å². The van der Waals surface area contributed by atoms with Crippen LogP contribution < -0.4 is 0 Å². The molecule has 0 spiro atoms. The zero-order chi connectivity index (χ0) is 10.1. The smallest absolute Gasteiger partial charge is 0.397 e. The van der Waals surface area contributed by atoms with Gasteiger partial charge in [0.1, 0.15) is 0 Å². The van der Waals surface area contributed by atoms with Crippen LogP contribution in [0.2, 0.25) is 0 Å². The van der Waals surface area contributed by atoms with Gasteiger partial charge < -0.3 is 9.31 Å². The van der Waals surface area contributed by atoms with Crippen molar-refractivity contribution in [3.63, 3.8) is 0 Å². The molecular weight excluding hydrogens is 290 g/mol.